The monoisotopic (exact) mass is 491 g/mol. The lowest BCUT2D eigenvalue weighted by Gasteiger charge is -2.29. The van der Waals surface area contributed by atoms with Crippen molar-refractivity contribution in [1.29, 1.82) is 0 Å². The number of halogens is 1. The molecule has 36 heavy (non-hydrogen) atoms. The zero-order chi connectivity index (χ0) is 25.5. The van der Waals surface area contributed by atoms with Gasteiger partial charge in [0, 0.05) is 19.0 Å². The Balaban J connectivity index is 1.42. The Morgan fingerprint density at radius 3 is 2.47 bits per heavy atom. The Labute approximate surface area is 212 Å². The maximum atomic E-state index is 14.0. The first kappa shape index (κ1) is 25.7. The average molecular weight is 492 g/mol. The van der Waals surface area contributed by atoms with Crippen LogP contribution in [0.15, 0.2) is 60.7 Å². The number of rotatable bonds is 9. The van der Waals surface area contributed by atoms with Crippen molar-refractivity contribution in [3.8, 4) is 22.6 Å². The van der Waals surface area contributed by atoms with Gasteiger partial charge in [0.1, 0.15) is 5.82 Å². The zero-order valence-corrected chi connectivity index (χ0v) is 20.9. The van der Waals surface area contributed by atoms with Crippen LogP contribution in [0.1, 0.15) is 49.3 Å². The number of benzene rings is 3. The molecular weight excluding hydrogens is 457 g/mol. The highest BCUT2D eigenvalue weighted by atomic mass is 19.1. The minimum absolute atomic E-state index is 0.00106. The van der Waals surface area contributed by atoms with Crippen LogP contribution >= 0.6 is 0 Å². The van der Waals surface area contributed by atoms with Crippen LogP contribution in [0.2, 0.25) is 0 Å². The number of nitrogens with one attached hydrogen (secondary N) is 1. The van der Waals surface area contributed by atoms with E-state index in [1.165, 1.54) is 30.2 Å². The Morgan fingerprint density at radius 2 is 1.75 bits per heavy atom. The molecule has 0 aromatic heterocycles. The zero-order valence-electron chi connectivity index (χ0n) is 20.9. The molecule has 6 heteroatoms. The number of amides is 1. The van der Waals surface area contributed by atoms with E-state index < -0.39 is 0 Å². The maximum Gasteiger partial charge on any atom is 0.216 e. The number of aromatic hydroxyl groups is 1. The van der Waals surface area contributed by atoms with Crippen molar-refractivity contribution >= 4 is 5.91 Å². The van der Waals surface area contributed by atoms with Crippen molar-refractivity contribution in [3.63, 3.8) is 0 Å². The molecule has 3 aromatic rings. The van der Waals surface area contributed by atoms with Crippen LogP contribution in [0.5, 0.6) is 11.5 Å². The summed E-state index contributed by atoms with van der Waals surface area (Å²) in [7, 11) is 0. The minimum Gasteiger partial charge on any atom is -0.504 e. The molecule has 190 valence electrons. The van der Waals surface area contributed by atoms with E-state index in [0.29, 0.717) is 36.4 Å². The lowest BCUT2D eigenvalue weighted by atomic mass is 9.94. The number of phenolic OH excluding ortho intramolecular Hbond substituents is 1. The second kappa shape index (κ2) is 12.0. The third kappa shape index (κ3) is 6.64. The molecule has 4 rings (SSSR count). The summed E-state index contributed by atoms with van der Waals surface area (Å²) in [4.78, 5) is 11.3. The van der Waals surface area contributed by atoms with Crippen LogP contribution in [0.3, 0.4) is 0 Å². The summed E-state index contributed by atoms with van der Waals surface area (Å²) >= 11 is 0. The van der Waals surface area contributed by atoms with Gasteiger partial charge in [0.2, 0.25) is 5.91 Å². The summed E-state index contributed by atoms with van der Waals surface area (Å²) in [5.74, 6) is -0.110. The van der Waals surface area contributed by atoms with E-state index in [1.54, 1.807) is 18.2 Å². The van der Waals surface area contributed by atoms with Gasteiger partial charge < -0.3 is 19.9 Å². The van der Waals surface area contributed by atoms with Gasteiger partial charge in [-0.3, -0.25) is 4.79 Å². The molecule has 3 aromatic carbocycles. The first-order valence-corrected chi connectivity index (χ1v) is 12.6. The van der Waals surface area contributed by atoms with Crippen LogP contribution < -0.4 is 10.1 Å². The minimum atomic E-state index is -0.380. The number of ether oxygens (including phenoxy) is 2. The molecule has 0 atom stereocenters. The fraction of sp³-hybridized carbons (Fsp3) is 0.367. The van der Waals surface area contributed by atoms with Gasteiger partial charge in [-0.25, -0.2) is 4.39 Å². The quantitative estimate of drug-likeness (QED) is 0.380. The lowest BCUT2D eigenvalue weighted by molar-refractivity contribution is -0.118. The van der Waals surface area contributed by atoms with E-state index in [-0.39, 0.29) is 29.7 Å². The number of carbonyl (C=O) groups excluding carboxylic acids is 1. The Bertz CT molecular complexity index is 1190. The smallest absolute Gasteiger partial charge is 0.216 e. The predicted octanol–water partition coefficient (Wildman–Crippen LogP) is 6.09. The number of phenols is 1. The number of carbonyl (C=O) groups is 1. The van der Waals surface area contributed by atoms with E-state index in [9.17, 15) is 14.3 Å². The third-order valence-corrected chi connectivity index (χ3v) is 6.76. The molecule has 1 saturated carbocycles. The fourth-order valence-electron chi connectivity index (χ4n) is 4.73. The molecular formula is C30H34FNO4. The largest absolute Gasteiger partial charge is 0.504 e. The summed E-state index contributed by atoms with van der Waals surface area (Å²) < 4.78 is 26.4. The summed E-state index contributed by atoms with van der Waals surface area (Å²) in [5, 5.41) is 14.0. The number of hydrogen-bond donors (Lipinski definition) is 2. The molecule has 1 fully saturated rings. The average Bonchev–Trinajstić information content (AvgIpc) is 2.86. The molecule has 1 aliphatic carbocycles. The summed E-state index contributed by atoms with van der Waals surface area (Å²) in [6.45, 7) is 4.59. The Hall–Kier alpha value is -3.38. The van der Waals surface area contributed by atoms with Crippen LogP contribution in [0.4, 0.5) is 4.39 Å². The molecule has 0 bridgehead atoms. The SMILES string of the molecule is CC(=O)NCCc1ccc(OC2CCC(OCc3ccccc3C)CC2)c(O)c1-c1cccc(F)c1. The molecule has 1 aliphatic rings. The van der Waals surface area contributed by atoms with Crippen molar-refractivity contribution in [1.82, 2.24) is 5.32 Å². The molecule has 0 saturated heterocycles. The van der Waals surface area contributed by atoms with Gasteiger partial charge in [0.25, 0.3) is 0 Å². The standard InChI is InChI=1S/C30H34FNO4/c1-20-6-3-4-7-24(20)19-35-26-11-13-27(14-12-26)36-28-15-10-22(16-17-32-21(2)33)29(30(28)34)23-8-5-9-25(31)18-23/h3-10,15,18,26-27,34H,11-14,16-17,19H2,1-2H3,(H,32,33). The topological polar surface area (TPSA) is 67.8 Å². The van der Waals surface area contributed by atoms with Crippen LogP contribution in [0, 0.1) is 12.7 Å². The first-order valence-electron chi connectivity index (χ1n) is 12.6. The van der Waals surface area contributed by atoms with Crippen molar-refractivity contribution in [2.45, 2.75) is 64.8 Å². The third-order valence-electron chi connectivity index (χ3n) is 6.76. The molecule has 0 aliphatic heterocycles. The highest BCUT2D eigenvalue weighted by Crippen LogP contribution is 2.41. The molecule has 2 N–H and O–H groups in total. The second-order valence-electron chi connectivity index (χ2n) is 9.44. The van der Waals surface area contributed by atoms with Gasteiger partial charge in [-0.2, -0.15) is 0 Å². The molecule has 1 amide bonds. The van der Waals surface area contributed by atoms with Crippen molar-refractivity contribution in [2.75, 3.05) is 6.54 Å². The van der Waals surface area contributed by atoms with Gasteiger partial charge in [-0.15, -0.1) is 0 Å². The highest BCUT2D eigenvalue weighted by Gasteiger charge is 2.25. The second-order valence-corrected chi connectivity index (χ2v) is 9.44. The van der Waals surface area contributed by atoms with Gasteiger partial charge in [0.05, 0.1) is 18.8 Å². The Kier molecular flexibility index (Phi) is 8.60. The first-order chi connectivity index (χ1) is 17.4. The summed E-state index contributed by atoms with van der Waals surface area (Å²) in [6.07, 6.45) is 4.11. The summed E-state index contributed by atoms with van der Waals surface area (Å²) in [5.41, 5.74) is 4.37. The van der Waals surface area contributed by atoms with E-state index in [4.69, 9.17) is 9.47 Å². The van der Waals surface area contributed by atoms with E-state index in [0.717, 1.165) is 31.2 Å². The normalized spacial score (nSPS) is 17.5. The predicted molar refractivity (Wildman–Crippen MR) is 139 cm³/mol. The number of aryl methyl sites for hydroxylation is 1. The molecule has 0 radical (unpaired) electrons. The van der Waals surface area contributed by atoms with Crippen LogP contribution in [0.25, 0.3) is 11.1 Å². The van der Waals surface area contributed by atoms with Crippen molar-refractivity contribution < 1.29 is 23.8 Å². The van der Waals surface area contributed by atoms with Gasteiger partial charge in [-0.05, 0) is 79.5 Å². The fourth-order valence-corrected chi connectivity index (χ4v) is 4.73. The van der Waals surface area contributed by atoms with Crippen LogP contribution in [-0.2, 0) is 22.6 Å². The van der Waals surface area contributed by atoms with E-state index in [1.807, 2.05) is 18.2 Å². The van der Waals surface area contributed by atoms with E-state index >= 15 is 0 Å². The van der Waals surface area contributed by atoms with Gasteiger partial charge in [0.15, 0.2) is 11.5 Å². The highest BCUT2D eigenvalue weighted by molar-refractivity contribution is 5.77. The summed E-state index contributed by atoms with van der Waals surface area (Å²) in [6, 6.07) is 18.1. The van der Waals surface area contributed by atoms with Crippen molar-refractivity contribution in [3.05, 3.63) is 83.2 Å². The number of hydrogen-bond acceptors (Lipinski definition) is 4. The molecule has 0 heterocycles. The Morgan fingerprint density at radius 1 is 1.00 bits per heavy atom. The lowest BCUT2D eigenvalue weighted by Crippen LogP contribution is -2.28. The van der Waals surface area contributed by atoms with E-state index in [2.05, 4.69) is 24.4 Å². The van der Waals surface area contributed by atoms with Crippen molar-refractivity contribution in [2.24, 2.45) is 0 Å². The van der Waals surface area contributed by atoms with Crippen LogP contribution in [-0.4, -0.2) is 29.8 Å². The maximum absolute atomic E-state index is 14.0. The molecule has 5 nitrogen and oxygen atoms in total. The molecule has 0 spiro atoms. The van der Waals surface area contributed by atoms with Gasteiger partial charge >= 0.3 is 0 Å². The molecule has 0 unspecified atom stereocenters. The van der Waals surface area contributed by atoms with Gasteiger partial charge in [-0.1, -0.05) is 42.5 Å².